The average Bonchev–Trinajstić information content (AvgIpc) is 2.94. The van der Waals surface area contributed by atoms with E-state index >= 15 is 0 Å². The second kappa shape index (κ2) is 11.7. The molecule has 4 heteroatoms. The number of benzene rings is 3. The van der Waals surface area contributed by atoms with Gasteiger partial charge in [0.15, 0.2) is 0 Å². The number of ether oxygens (including phenoxy) is 1. The van der Waals surface area contributed by atoms with E-state index < -0.39 is 0 Å². The number of carbonyl (C=O) groups is 1. The van der Waals surface area contributed by atoms with Crippen LogP contribution in [0.5, 0.6) is 5.75 Å². The van der Waals surface area contributed by atoms with Gasteiger partial charge in [-0.05, 0) is 102 Å². The molecule has 3 aromatic carbocycles. The van der Waals surface area contributed by atoms with E-state index in [1.807, 2.05) is 54.3 Å². The van der Waals surface area contributed by atoms with Crippen LogP contribution in [0.3, 0.4) is 0 Å². The molecule has 0 spiro atoms. The van der Waals surface area contributed by atoms with Crippen molar-refractivity contribution in [2.75, 3.05) is 18.5 Å². The number of nitrogens with one attached hydrogen (secondary N) is 1. The molecular formula is C36H46N2O2. The predicted octanol–water partition coefficient (Wildman–Crippen LogP) is 8.95. The van der Waals surface area contributed by atoms with E-state index in [0.717, 1.165) is 36.4 Å². The van der Waals surface area contributed by atoms with Gasteiger partial charge in [0.05, 0.1) is 6.61 Å². The third-order valence-corrected chi connectivity index (χ3v) is 9.64. The summed E-state index contributed by atoms with van der Waals surface area (Å²) < 4.78 is 5.66. The number of para-hydroxylation sites is 1. The number of hydrogen-bond acceptors (Lipinski definition) is 2. The molecule has 40 heavy (non-hydrogen) atoms. The van der Waals surface area contributed by atoms with Crippen molar-refractivity contribution in [3.8, 4) is 5.75 Å². The fourth-order valence-electron chi connectivity index (χ4n) is 7.63. The Labute approximate surface area is 241 Å². The van der Waals surface area contributed by atoms with Crippen LogP contribution in [0.15, 0.2) is 72.8 Å². The number of anilines is 1. The third-order valence-electron chi connectivity index (χ3n) is 9.64. The van der Waals surface area contributed by atoms with Crippen molar-refractivity contribution in [1.82, 2.24) is 4.90 Å². The Hall–Kier alpha value is -3.27. The minimum atomic E-state index is -0.0358. The number of rotatable bonds is 8. The van der Waals surface area contributed by atoms with E-state index in [4.69, 9.17) is 4.74 Å². The second-order valence-corrected chi connectivity index (χ2v) is 12.8. The number of hydrogen-bond donors (Lipinski definition) is 1. The standard InChI is InChI=1S/C36H46N2O2/c1-6-40-31-17-13-27(14-18-31)24-38(34(39)37-30-11-8-7-9-12-30)25-35(4)21-10-22-36(5)32-19-15-28(26(2)3)23-29(32)16-20-33(35)36/h7-9,11-15,17-19,23,26,33H,6,10,16,20-22,24-25H2,1-5H3,(H,37,39). The summed E-state index contributed by atoms with van der Waals surface area (Å²) in [5.41, 5.74) is 6.64. The van der Waals surface area contributed by atoms with Crippen LogP contribution in [-0.4, -0.2) is 24.1 Å². The molecule has 0 saturated heterocycles. The van der Waals surface area contributed by atoms with E-state index in [1.165, 1.54) is 24.8 Å². The van der Waals surface area contributed by atoms with Crippen molar-refractivity contribution < 1.29 is 9.53 Å². The molecule has 4 nitrogen and oxygen atoms in total. The maximum Gasteiger partial charge on any atom is 0.322 e. The zero-order valence-electron chi connectivity index (χ0n) is 25.0. The van der Waals surface area contributed by atoms with Crippen molar-refractivity contribution in [1.29, 1.82) is 0 Å². The molecule has 0 bridgehead atoms. The molecule has 0 heterocycles. The molecule has 1 N–H and O–H groups in total. The first-order valence-corrected chi connectivity index (χ1v) is 15.2. The minimum Gasteiger partial charge on any atom is -0.494 e. The highest BCUT2D eigenvalue weighted by Crippen LogP contribution is 2.57. The van der Waals surface area contributed by atoms with Gasteiger partial charge < -0.3 is 15.0 Å². The van der Waals surface area contributed by atoms with E-state index in [-0.39, 0.29) is 16.9 Å². The smallest absolute Gasteiger partial charge is 0.322 e. The summed E-state index contributed by atoms with van der Waals surface area (Å²) in [5.74, 6) is 1.94. The summed E-state index contributed by atoms with van der Waals surface area (Å²) in [7, 11) is 0. The Bertz CT molecular complexity index is 1300. The maximum atomic E-state index is 13.8. The first-order chi connectivity index (χ1) is 19.2. The van der Waals surface area contributed by atoms with Crippen LogP contribution in [0.2, 0.25) is 0 Å². The van der Waals surface area contributed by atoms with Gasteiger partial charge in [-0.3, -0.25) is 0 Å². The molecule has 2 aliphatic rings. The van der Waals surface area contributed by atoms with Crippen molar-refractivity contribution in [3.63, 3.8) is 0 Å². The van der Waals surface area contributed by atoms with Gasteiger partial charge in [-0.2, -0.15) is 0 Å². The van der Waals surface area contributed by atoms with Crippen molar-refractivity contribution >= 4 is 11.7 Å². The third kappa shape index (κ3) is 5.77. The van der Waals surface area contributed by atoms with Crippen LogP contribution in [0.25, 0.3) is 0 Å². The summed E-state index contributed by atoms with van der Waals surface area (Å²) in [6.45, 7) is 13.5. The molecule has 0 aliphatic heterocycles. The zero-order valence-corrected chi connectivity index (χ0v) is 25.0. The molecule has 2 amide bonds. The summed E-state index contributed by atoms with van der Waals surface area (Å²) >= 11 is 0. The molecule has 0 aromatic heterocycles. The molecule has 0 radical (unpaired) electrons. The predicted molar refractivity (Wildman–Crippen MR) is 165 cm³/mol. The molecule has 3 atom stereocenters. The van der Waals surface area contributed by atoms with Crippen molar-refractivity contribution in [2.24, 2.45) is 11.3 Å². The molecule has 3 aromatic rings. The summed E-state index contributed by atoms with van der Waals surface area (Å²) in [6, 6.07) is 25.2. The van der Waals surface area contributed by atoms with E-state index in [9.17, 15) is 4.79 Å². The molecule has 212 valence electrons. The topological polar surface area (TPSA) is 41.6 Å². The molecule has 1 saturated carbocycles. The number of fused-ring (bicyclic) bond motifs is 3. The van der Waals surface area contributed by atoms with E-state index in [2.05, 4.69) is 63.3 Å². The van der Waals surface area contributed by atoms with Gasteiger partial charge in [0.25, 0.3) is 0 Å². The monoisotopic (exact) mass is 538 g/mol. The molecule has 3 unspecified atom stereocenters. The Morgan fingerprint density at radius 2 is 1.77 bits per heavy atom. The van der Waals surface area contributed by atoms with Crippen LogP contribution < -0.4 is 10.1 Å². The first kappa shape index (κ1) is 28.3. The van der Waals surface area contributed by atoms with Crippen LogP contribution in [0.4, 0.5) is 10.5 Å². The second-order valence-electron chi connectivity index (χ2n) is 12.8. The Morgan fingerprint density at radius 3 is 2.48 bits per heavy atom. The highest BCUT2D eigenvalue weighted by Gasteiger charge is 2.52. The van der Waals surface area contributed by atoms with Gasteiger partial charge in [-0.15, -0.1) is 0 Å². The number of aryl methyl sites for hydroxylation is 1. The summed E-state index contributed by atoms with van der Waals surface area (Å²) in [5, 5.41) is 3.18. The Balaban J connectivity index is 1.43. The highest BCUT2D eigenvalue weighted by molar-refractivity contribution is 5.89. The van der Waals surface area contributed by atoms with Crippen LogP contribution in [0, 0.1) is 11.3 Å². The normalized spacial score (nSPS) is 23.7. The van der Waals surface area contributed by atoms with Gasteiger partial charge in [0.1, 0.15) is 5.75 Å². The summed E-state index contributed by atoms with van der Waals surface area (Å²) in [4.78, 5) is 15.9. The van der Waals surface area contributed by atoms with Crippen molar-refractivity contribution in [2.45, 2.75) is 84.6 Å². The van der Waals surface area contributed by atoms with E-state index in [1.54, 1.807) is 11.1 Å². The maximum absolute atomic E-state index is 13.8. The molecule has 1 fully saturated rings. The van der Waals surface area contributed by atoms with E-state index in [0.29, 0.717) is 25.0 Å². The Morgan fingerprint density at radius 1 is 1.02 bits per heavy atom. The van der Waals surface area contributed by atoms with Crippen LogP contribution in [-0.2, 0) is 18.4 Å². The summed E-state index contributed by atoms with van der Waals surface area (Å²) in [6.07, 6.45) is 5.85. The van der Waals surface area contributed by atoms with Gasteiger partial charge in [0, 0.05) is 18.8 Å². The van der Waals surface area contributed by atoms with Crippen LogP contribution in [0.1, 0.15) is 88.5 Å². The zero-order chi connectivity index (χ0) is 28.3. The number of carbonyl (C=O) groups excluding carboxylic acids is 1. The van der Waals surface area contributed by atoms with Gasteiger partial charge >= 0.3 is 6.03 Å². The lowest BCUT2D eigenvalue weighted by molar-refractivity contribution is 0.00467. The average molecular weight is 539 g/mol. The van der Waals surface area contributed by atoms with Gasteiger partial charge in [-0.1, -0.05) is 82.6 Å². The SMILES string of the molecule is CCOc1ccc(CN(CC2(C)CCCC3(C)c4ccc(C(C)C)cc4CCC23)C(=O)Nc2ccccc2)cc1. The fourth-order valence-corrected chi connectivity index (χ4v) is 7.63. The number of nitrogens with zero attached hydrogens (tertiary/aromatic N) is 1. The lowest BCUT2D eigenvalue weighted by Crippen LogP contribution is -2.54. The van der Waals surface area contributed by atoms with Crippen LogP contribution >= 0.6 is 0 Å². The van der Waals surface area contributed by atoms with Gasteiger partial charge in [-0.25, -0.2) is 4.79 Å². The quantitative estimate of drug-likeness (QED) is 0.311. The molecule has 5 rings (SSSR count). The van der Waals surface area contributed by atoms with Gasteiger partial charge in [0.2, 0.25) is 0 Å². The number of amides is 2. The lowest BCUT2D eigenvalue weighted by atomic mass is 9.49. The van der Waals surface area contributed by atoms with Crippen molar-refractivity contribution in [3.05, 3.63) is 95.1 Å². The minimum absolute atomic E-state index is 0.0285. The first-order valence-electron chi connectivity index (χ1n) is 15.2. The number of urea groups is 1. The molecule has 2 aliphatic carbocycles. The largest absolute Gasteiger partial charge is 0.494 e. The molecular weight excluding hydrogens is 492 g/mol. The Kier molecular flexibility index (Phi) is 8.26. The fraction of sp³-hybridized carbons (Fsp3) is 0.472. The highest BCUT2D eigenvalue weighted by atomic mass is 16.5. The lowest BCUT2D eigenvalue weighted by Gasteiger charge is -2.56.